The van der Waals surface area contributed by atoms with Gasteiger partial charge in [-0.1, -0.05) is 60.2 Å². The van der Waals surface area contributed by atoms with E-state index < -0.39 is 6.03 Å². The van der Waals surface area contributed by atoms with Crippen molar-refractivity contribution in [3.8, 4) is 5.75 Å². The zero-order chi connectivity index (χ0) is 18.5. The molecule has 3 aromatic rings. The minimum atomic E-state index is -0.444. The Morgan fingerprint density at radius 1 is 1.15 bits per heavy atom. The van der Waals surface area contributed by atoms with E-state index in [0.29, 0.717) is 21.6 Å². The summed E-state index contributed by atoms with van der Waals surface area (Å²) in [6, 6.07) is 14.6. The summed E-state index contributed by atoms with van der Waals surface area (Å²) in [5.74, 6) is 0.612. The molecule has 0 aliphatic rings. The van der Waals surface area contributed by atoms with Crippen LogP contribution < -0.4 is 15.4 Å². The molecule has 0 unspecified atom stereocenters. The Hall–Kier alpha value is -2.64. The van der Waals surface area contributed by atoms with Crippen molar-refractivity contribution in [2.24, 2.45) is 0 Å². The lowest BCUT2D eigenvalue weighted by molar-refractivity contribution is 0.262. The molecule has 0 bridgehead atoms. The van der Waals surface area contributed by atoms with Gasteiger partial charge in [0.1, 0.15) is 10.8 Å². The number of carbonyl (C=O) groups excluding carboxylic acids is 1. The Morgan fingerprint density at radius 2 is 1.92 bits per heavy atom. The summed E-state index contributed by atoms with van der Waals surface area (Å²) in [7, 11) is 1.52. The van der Waals surface area contributed by atoms with Crippen LogP contribution in [0, 0.1) is 0 Å². The van der Waals surface area contributed by atoms with E-state index in [9.17, 15) is 4.79 Å². The molecule has 0 fully saturated rings. The van der Waals surface area contributed by atoms with Gasteiger partial charge in [0.15, 0.2) is 0 Å². The summed E-state index contributed by atoms with van der Waals surface area (Å²) in [5.41, 5.74) is 1.61. The van der Waals surface area contributed by atoms with E-state index >= 15 is 0 Å². The van der Waals surface area contributed by atoms with E-state index in [1.807, 2.05) is 30.3 Å². The minimum Gasteiger partial charge on any atom is -0.495 e. The lowest BCUT2D eigenvalue weighted by Gasteiger charge is -2.10. The lowest BCUT2D eigenvalue weighted by Crippen LogP contribution is -2.19. The normalized spacial score (nSPS) is 11.7. The van der Waals surface area contributed by atoms with Gasteiger partial charge >= 0.3 is 6.03 Å². The van der Waals surface area contributed by atoms with Crippen molar-refractivity contribution in [3.63, 3.8) is 0 Å². The average molecular weight is 389 g/mol. The van der Waals surface area contributed by atoms with Crippen LogP contribution in [0.25, 0.3) is 0 Å². The van der Waals surface area contributed by atoms with Gasteiger partial charge in [0.2, 0.25) is 5.13 Å². The number of benzene rings is 2. The van der Waals surface area contributed by atoms with Crippen LogP contribution >= 0.6 is 22.9 Å². The topological polar surface area (TPSA) is 76.1 Å². The third-order valence-corrected chi connectivity index (χ3v) is 5.00. The first-order valence-electron chi connectivity index (χ1n) is 7.86. The number of nitrogens with zero attached hydrogens (tertiary/aromatic N) is 2. The number of amides is 2. The van der Waals surface area contributed by atoms with Gasteiger partial charge in [0.25, 0.3) is 0 Å². The molecule has 6 nitrogen and oxygen atoms in total. The van der Waals surface area contributed by atoms with Gasteiger partial charge in [0, 0.05) is 10.9 Å². The molecule has 2 aromatic carbocycles. The molecule has 1 atom stereocenters. The maximum Gasteiger partial charge on any atom is 0.325 e. The van der Waals surface area contributed by atoms with E-state index in [4.69, 9.17) is 16.3 Å². The molecule has 0 radical (unpaired) electrons. The third-order valence-electron chi connectivity index (χ3n) is 3.74. The monoisotopic (exact) mass is 388 g/mol. The fraction of sp³-hybridized carbons (Fsp3) is 0.167. The molecule has 8 heteroatoms. The van der Waals surface area contributed by atoms with Crippen LogP contribution in [0.5, 0.6) is 5.75 Å². The first kappa shape index (κ1) is 18.2. The van der Waals surface area contributed by atoms with Gasteiger partial charge in [-0.05, 0) is 23.8 Å². The summed E-state index contributed by atoms with van der Waals surface area (Å²) in [4.78, 5) is 12.2. The van der Waals surface area contributed by atoms with Crippen LogP contribution in [0.4, 0.5) is 15.6 Å². The fourth-order valence-electron chi connectivity index (χ4n) is 2.37. The van der Waals surface area contributed by atoms with Crippen LogP contribution in [0.15, 0.2) is 48.5 Å². The highest BCUT2D eigenvalue weighted by Crippen LogP contribution is 2.30. The average Bonchev–Trinajstić information content (AvgIpc) is 3.10. The quantitative estimate of drug-likeness (QED) is 0.645. The molecule has 3 rings (SSSR count). The number of aromatic nitrogens is 2. The van der Waals surface area contributed by atoms with E-state index in [0.717, 1.165) is 10.6 Å². The molecule has 134 valence electrons. The van der Waals surface area contributed by atoms with Crippen LogP contribution in [0.1, 0.15) is 23.4 Å². The van der Waals surface area contributed by atoms with Crippen molar-refractivity contribution in [1.29, 1.82) is 0 Å². The molecule has 2 N–H and O–H groups in total. The summed E-state index contributed by atoms with van der Waals surface area (Å²) in [6.07, 6.45) is 0. The molecule has 0 saturated carbocycles. The number of urea groups is 1. The molecule has 0 aliphatic carbocycles. The van der Waals surface area contributed by atoms with Crippen molar-refractivity contribution in [3.05, 3.63) is 64.1 Å². The Labute approximate surface area is 160 Å². The number of halogens is 1. The molecule has 1 aromatic heterocycles. The number of hydrogen-bond acceptors (Lipinski definition) is 5. The molecule has 0 saturated heterocycles. The lowest BCUT2D eigenvalue weighted by atomic mass is 10.0. The number of methoxy groups -OCH3 is 1. The maximum atomic E-state index is 12.2. The molecule has 0 spiro atoms. The number of carbonyl (C=O) groups is 1. The highest BCUT2D eigenvalue weighted by molar-refractivity contribution is 7.15. The smallest absolute Gasteiger partial charge is 0.325 e. The Morgan fingerprint density at radius 3 is 2.65 bits per heavy atom. The van der Waals surface area contributed by atoms with Crippen molar-refractivity contribution in [2.45, 2.75) is 12.8 Å². The predicted octanol–water partition coefficient (Wildman–Crippen LogP) is 5.00. The van der Waals surface area contributed by atoms with E-state index in [1.165, 1.54) is 18.4 Å². The van der Waals surface area contributed by atoms with Crippen molar-refractivity contribution < 1.29 is 9.53 Å². The second kappa shape index (κ2) is 8.16. The molecule has 26 heavy (non-hydrogen) atoms. The van der Waals surface area contributed by atoms with E-state index in [-0.39, 0.29) is 5.92 Å². The summed E-state index contributed by atoms with van der Waals surface area (Å²) >= 11 is 7.30. The standard InChI is InChI=1S/C18H17ClN4O2S/c1-11(12-6-4-3-5-7-12)16-22-23-18(26-16)21-17(24)20-14-10-13(19)8-9-15(14)25-2/h3-11H,1-2H3,(H2,20,21,23,24)/t11-/m0/s1. The molecular weight excluding hydrogens is 372 g/mol. The third kappa shape index (κ3) is 4.30. The van der Waals surface area contributed by atoms with Gasteiger partial charge in [-0.15, -0.1) is 10.2 Å². The number of ether oxygens (including phenoxy) is 1. The van der Waals surface area contributed by atoms with Crippen molar-refractivity contribution >= 4 is 39.8 Å². The zero-order valence-electron chi connectivity index (χ0n) is 14.2. The Bertz CT molecular complexity index is 901. The fourth-order valence-corrected chi connectivity index (χ4v) is 3.36. The first-order valence-corrected chi connectivity index (χ1v) is 9.06. The SMILES string of the molecule is COc1ccc(Cl)cc1NC(=O)Nc1nnc([C@@H](C)c2ccccc2)s1. The molecule has 1 heterocycles. The van der Waals surface area contributed by atoms with Gasteiger partial charge in [-0.25, -0.2) is 4.79 Å². The van der Waals surface area contributed by atoms with Gasteiger partial charge in [0.05, 0.1) is 12.8 Å². The zero-order valence-corrected chi connectivity index (χ0v) is 15.8. The van der Waals surface area contributed by atoms with Crippen LogP contribution in [0.3, 0.4) is 0 Å². The van der Waals surface area contributed by atoms with Crippen LogP contribution in [-0.4, -0.2) is 23.3 Å². The van der Waals surface area contributed by atoms with Crippen LogP contribution in [-0.2, 0) is 0 Å². The van der Waals surface area contributed by atoms with E-state index in [1.54, 1.807) is 18.2 Å². The number of anilines is 2. The largest absolute Gasteiger partial charge is 0.495 e. The highest BCUT2D eigenvalue weighted by Gasteiger charge is 2.16. The van der Waals surface area contributed by atoms with Gasteiger partial charge < -0.3 is 10.1 Å². The molecule has 2 amide bonds. The van der Waals surface area contributed by atoms with Gasteiger partial charge in [-0.2, -0.15) is 0 Å². The summed E-state index contributed by atoms with van der Waals surface area (Å²) in [6.45, 7) is 2.05. The van der Waals surface area contributed by atoms with Gasteiger partial charge in [-0.3, -0.25) is 5.32 Å². The number of nitrogens with one attached hydrogen (secondary N) is 2. The Kier molecular flexibility index (Phi) is 5.70. The summed E-state index contributed by atoms with van der Waals surface area (Å²) in [5, 5.41) is 15.3. The predicted molar refractivity (Wildman–Crippen MR) is 105 cm³/mol. The minimum absolute atomic E-state index is 0.0975. The van der Waals surface area contributed by atoms with E-state index in [2.05, 4.69) is 27.8 Å². The van der Waals surface area contributed by atoms with Crippen molar-refractivity contribution in [1.82, 2.24) is 10.2 Å². The van der Waals surface area contributed by atoms with Crippen LogP contribution in [0.2, 0.25) is 5.02 Å². The maximum absolute atomic E-state index is 12.2. The first-order chi connectivity index (χ1) is 12.6. The Balaban J connectivity index is 1.68. The second-order valence-electron chi connectivity index (χ2n) is 5.50. The second-order valence-corrected chi connectivity index (χ2v) is 6.95. The van der Waals surface area contributed by atoms with Crippen molar-refractivity contribution in [2.75, 3.05) is 17.7 Å². The number of hydrogen-bond donors (Lipinski definition) is 2. The number of rotatable bonds is 5. The summed E-state index contributed by atoms with van der Waals surface area (Å²) < 4.78 is 5.21. The highest BCUT2D eigenvalue weighted by atomic mass is 35.5. The molecule has 0 aliphatic heterocycles. The molecular formula is C18H17ClN4O2S.